The van der Waals surface area contributed by atoms with Crippen molar-refractivity contribution in [3.63, 3.8) is 0 Å². The van der Waals surface area contributed by atoms with Gasteiger partial charge in [-0.1, -0.05) is 37.6 Å². The van der Waals surface area contributed by atoms with E-state index in [-0.39, 0.29) is 11.3 Å². The molecule has 4 rings (SSSR count). The Morgan fingerprint density at radius 2 is 1.58 bits per heavy atom. The predicted octanol–water partition coefficient (Wildman–Crippen LogP) is 5.48. The number of aliphatic hydroxyl groups excluding tert-OH is 1. The van der Waals surface area contributed by atoms with Crippen molar-refractivity contribution in [3.05, 3.63) is 100 Å². The van der Waals surface area contributed by atoms with Gasteiger partial charge < -0.3 is 5.11 Å². The molecule has 1 atom stereocenters. The molecule has 1 unspecified atom stereocenters. The fourth-order valence-electron chi connectivity index (χ4n) is 3.74. The van der Waals surface area contributed by atoms with Crippen LogP contribution < -0.4 is 4.90 Å². The Hall–Kier alpha value is -3.44. The first kappa shape index (κ1) is 20.8. The SMILES string of the molecule is CC(C)c1ccc(N2C(=O)C(=O)/C(=C(/O)c3ccc(Cl)cc3)C2c2ccncc2)cc1. The molecule has 0 saturated carbocycles. The average molecular weight is 433 g/mol. The predicted molar refractivity (Wildman–Crippen MR) is 121 cm³/mol. The molecule has 1 fully saturated rings. The van der Waals surface area contributed by atoms with Gasteiger partial charge in [-0.3, -0.25) is 19.5 Å². The van der Waals surface area contributed by atoms with E-state index < -0.39 is 17.7 Å². The molecule has 2 aromatic carbocycles. The van der Waals surface area contributed by atoms with Crippen LogP contribution in [0, 0.1) is 0 Å². The third-order valence-corrected chi connectivity index (χ3v) is 5.67. The first-order valence-electron chi connectivity index (χ1n) is 9.95. The number of Topliss-reactive ketones (excluding diaryl/α,β-unsaturated/α-hetero) is 1. The fourth-order valence-corrected chi connectivity index (χ4v) is 3.87. The van der Waals surface area contributed by atoms with E-state index in [1.54, 1.807) is 48.8 Å². The van der Waals surface area contributed by atoms with E-state index in [1.165, 1.54) is 4.90 Å². The number of benzene rings is 2. The Bertz CT molecular complexity index is 1150. The van der Waals surface area contributed by atoms with Gasteiger partial charge in [0.2, 0.25) is 0 Å². The molecular weight excluding hydrogens is 412 g/mol. The number of amides is 1. The third-order valence-electron chi connectivity index (χ3n) is 5.42. The lowest BCUT2D eigenvalue weighted by molar-refractivity contribution is -0.132. The van der Waals surface area contributed by atoms with E-state index in [1.807, 2.05) is 24.3 Å². The van der Waals surface area contributed by atoms with Gasteiger partial charge in [0, 0.05) is 28.7 Å². The van der Waals surface area contributed by atoms with Crippen molar-refractivity contribution in [1.82, 2.24) is 4.98 Å². The molecule has 0 bridgehead atoms. The summed E-state index contributed by atoms with van der Waals surface area (Å²) in [5, 5.41) is 11.5. The second-order valence-electron chi connectivity index (χ2n) is 7.70. The van der Waals surface area contributed by atoms with Gasteiger partial charge in [-0.05, 0) is 65.6 Å². The molecule has 0 aliphatic carbocycles. The van der Waals surface area contributed by atoms with Crippen LogP contribution in [0.15, 0.2) is 78.6 Å². The number of pyridine rings is 1. The highest BCUT2D eigenvalue weighted by Gasteiger charge is 2.46. The summed E-state index contributed by atoms with van der Waals surface area (Å²) >= 11 is 5.96. The van der Waals surface area contributed by atoms with Gasteiger partial charge in [-0.2, -0.15) is 0 Å². The van der Waals surface area contributed by atoms with Crippen molar-refractivity contribution >= 4 is 34.7 Å². The third kappa shape index (κ3) is 3.84. The van der Waals surface area contributed by atoms with Crippen LogP contribution in [-0.4, -0.2) is 21.8 Å². The highest BCUT2D eigenvalue weighted by atomic mass is 35.5. The number of halogens is 1. The van der Waals surface area contributed by atoms with Gasteiger partial charge >= 0.3 is 0 Å². The first-order valence-corrected chi connectivity index (χ1v) is 10.3. The summed E-state index contributed by atoms with van der Waals surface area (Å²) in [5.74, 6) is -1.32. The number of carbonyl (C=O) groups is 2. The Balaban J connectivity index is 1.89. The lowest BCUT2D eigenvalue weighted by atomic mass is 9.95. The Morgan fingerprint density at radius 3 is 2.16 bits per heavy atom. The van der Waals surface area contributed by atoms with E-state index in [4.69, 9.17) is 11.6 Å². The van der Waals surface area contributed by atoms with Crippen molar-refractivity contribution in [2.45, 2.75) is 25.8 Å². The van der Waals surface area contributed by atoms with Crippen molar-refractivity contribution in [1.29, 1.82) is 0 Å². The van der Waals surface area contributed by atoms with Crippen LogP contribution in [0.5, 0.6) is 0 Å². The van der Waals surface area contributed by atoms with Gasteiger partial charge in [0.1, 0.15) is 5.76 Å². The van der Waals surface area contributed by atoms with E-state index in [9.17, 15) is 14.7 Å². The summed E-state index contributed by atoms with van der Waals surface area (Å²) in [4.78, 5) is 31.7. The maximum atomic E-state index is 13.1. The molecule has 1 aliphatic heterocycles. The number of hydrogen-bond donors (Lipinski definition) is 1. The van der Waals surface area contributed by atoms with Crippen LogP contribution >= 0.6 is 11.6 Å². The fraction of sp³-hybridized carbons (Fsp3) is 0.160. The van der Waals surface area contributed by atoms with Crippen molar-refractivity contribution in [2.75, 3.05) is 4.90 Å². The Morgan fingerprint density at radius 1 is 0.968 bits per heavy atom. The molecule has 1 amide bonds. The lowest BCUT2D eigenvalue weighted by Gasteiger charge is -2.25. The zero-order chi connectivity index (χ0) is 22.1. The molecule has 1 aromatic heterocycles. The number of anilines is 1. The number of carbonyl (C=O) groups excluding carboxylic acids is 2. The number of hydrogen-bond acceptors (Lipinski definition) is 4. The zero-order valence-electron chi connectivity index (χ0n) is 17.1. The molecular formula is C25H21ClN2O3. The summed E-state index contributed by atoms with van der Waals surface area (Å²) in [7, 11) is 0. The quantitative estimate of drug-likeness (QED) is 0.336. The van der Waals surface area contributed by atoms with Crippen LogP contribution in [-0.2, 0) is 9.59 Å². The minimum absolute atomic E-state index is 0.0338. The average Bonchev–Trinajstić information content (AvgIpc) is 3.05. The summed E-state index contributed by atoms with van der Waals surface area (Å²) in [6, 6.07) is 16.7. The second-order valence-corrected chi connectivity index (χ2v) is 8.14. The van der Waals surface area contributed by atoms with E-state index in [0.717, 1.165) is 5.56 Å². The summed E-state index contributed by atoms with van der Waals surface area (Å²) < 4.78 is 0. The Labute approximate surface area is 185 Å². The van der Waals surface area contributed by atoms with Crippen molar-refractivity contribution < 1.29 is 14.7 Å². The molecule has 1 saturated heterocycles. The molecule has 0 spiro atoms. The highest BCUT2D eigenvalue weighted by molar-refractivity contribution is 6.51. The number of aliphatic hydroxyl groups is 1. The molecule has 31 heavy (non-hydrogen) atoms. The van der Waals surface area contributed by atoms with Gasteiger partial charge in [0.25, 0.3) is 11.7 Å². The van der Waals surface area contributed by atoms with Crippen LogP contribution in [0.3, 0.4) is 0 Å². The standard InChI is InChI=1S/C25H21ClN2O3/c1-15(2)16-5-9-20(10-6-16)28-22(17-11-13-27-14-12-17)21(24(30)25(28)31)23(29)18-3-7-19(26)8-4-18/h3-15,22,29H,1-2H3/b23-21+. The molecule has 1 N–H and O–H groups in total. The van der Waals surface area contributed by atoms with Gasteiger partial charge in [0.05, 0.1) is 11.6 Å². The van der Waals surface area contributed by atoms with Crippen molar-refractivity contribution in [2.24, 2.45) is 0 Å². The summed E-state index contributed by atoms with van der Waals surface area (Å²) in [5.41, 5.74) is 2.84. The van der Waals surface area contributed by atoms with Crippen LogP contribution in [0.4, 0.5) is 5.69 Å². The summed E-state index contributed by atoms with van der Waals surface area (Å²) in [6.07, 6.45) is 3.19. The molecule has 3 aromatic rings. The van der Waals surface area contributed by atoms with E-state index >= 15 is 0 Å². The highest BCUT2D eigenvalue weighted by Crippen LogP contribution is 2.42. The normalized spacial score (nSPS) is 18.1. The van der Waals surface area contributed by atoms with Crippen LogP contribution in [0.25, 0.3) is 5.76 Å². The largest absolute Gasteiger partial charge is 0.507 e. The molecule has 2 heterocycles. The minimum atomic E-state index is -0.774. The van der Waals surface area contributed by atoms with Gasteiger partial charge in [-0.25, -0.2) is 0 Å². The topological polar surface area (TPSA) is 70.5 Å². The Kier molecular flexibility index (Phi) is 5.61. The molecule has 5 nitrogen and oxygen atoms in total. The number of aromatic nitrogens is 1. The van der Waals surface area contributed by atoms with Gasteiger partial charge in [0.15, 0.2) is 0 Å². The molecule has 6 heteroatoms. The summed E-state index contributed by atoms with van der Waals surface area (Å²) in [6.45, 7) is 4.18. The number of rotatable bonds is 4. The number of nitrogens with zero attached hydrogens (tertiary/aromatic N) is 2. The maximum absolute atomic E-state index is 13.1. The smallest absolute Gasteiger partial charge is 0.300 e. The lowest BCUT2D eigenvalue weighted by Crippen LogP contribution is -2.29. The van der Waals surface area contributed by atoms with E-state index in [0.29, 0.717) is 27.8 Å². The van der Waals surface area contributed by atoms with Crippen LogP contribution in [0.1, 0.15) is 42.5 Å². The molecule has 0 radical (unpaired) electrons. The van der Waals surface area contributed by atoms with Crippen LogP contribution in [0.2, 0.25) is 5.02 Å². The molecule has 156 valence electrons. The number of ketones is 1. The minimum Gasteiger partial charge on any atom is -0.507 e. The van der Waals surface area contributed by atoms with Crippen molar-refractivity contribution in [3.8, 4) is 0 Å². The molecule has 1 aliphatic rings. The van der Waals surface area contributed by atoms with E-state index in [2.05, 4.69) is 18.8 Å². The zero-order valence-corrected chi connectivity index (χ0v) is 17.9. The second kappa shape index (κ2) is 8.36. The maximum Gasteiger partial charge on any atom is 0.300 e. The van der Waals surface area contributed by atoms with Gasteiger partial charge in [-0.15, -0.1) is 0 Å². The first-order chi connectivity index (χ1) is 14.9. The monoisotopic (exact) mass is 432 g/mol.